The number of nitrogens with zero attached hydrogens (tertiary/aromatic N) is 5. The molecule has 0 spiro atoms. The van der Waals surface area contributed by atoms with Crippen LogP contribution in [-0.4, -0.2) is 51.4 Å². The summed E-state index contributed by atoms with van der Waals surface area (Å²) >= 11 is 0. The number of benzene rings is 1. The first-order valence-corrected chi connectivity index (χ1v) is 9.11. The predicted molar refractivity (Wildman–Crippen MR) is 107 cm³/mol. The quantitative estimate of drug-likeness (QED) is 0.409. The van der Waals surface area contributed by atoms with E-state index in [4.69, 9.17) is 19.6 Å². The van der Waals surface area contributed by atoms with Crippen LogP contribution in [-0.2, 0) is 11.2 Å². The van der Waals surface area contributed by atoms with Crippen LogP contribution in [0.1, 0.15) is 5.56 Å². The zero-order valence-electron chi connectivity index (χ0n) is 15.9. The van der Waals surface area contributed by atoms with Gasteiger partial charge >= 0.3 is 0 Å². The van der Waals surface area contributed by atoms with E-state index in [0.29, 0.717) is 43.1 Å². The molecule has 0 amide bonds. The Labute approximate surface area is 166 Å². The van der Waals surface area contributed by atoms with E-state index < -0.39 is 0 Å². The molecule has 0 atom stereocenters. The monoisotopic (exact) mass is 395 g/mol. The lowest BCUT2D eigenvalue weighted by Gasteiger charge is -2.08. The number of nitrogens with one attached hydrogen (secondary N) is 1. The summed E-state index contributed by atoms with van der Waals surface area (Å²) in [6.07, 6.45) is 2.35. The Balaban J connectivity index is 1.37. The minimum absolute atomic E-state index is 0.195. The normalized spacial score (nSPS) is 11.1. The van der Waals surface area contributed by atoms with Gasteiger partial charge in [0.2, 0.25) is 17.7 Å². The molecule has 0 unspecified atom stereocenters. The molecule has 10 nitrogen and oxygen atoms in total. The number of hydrogen-bond acceptors (Lipinski definition) is 9. The fourth-order valence-electron chi connectivity index (χ4n) is 2.71. The molecule has 0 bridgehead atoms. The van der Waals surface area contributed by atoms with Gasteiger partial charge in [0.25, 0.3) is 5.78 Å². The zero-order valence-corrected chi connectivity index (χ0v) is 15.9. The molecule has 0 aliphatic carbocycles. The van der Waals surface area contributed by atoms with Crippen molar-refractivity contribution in [3.8, 4) is 17.3 Å². The molecule has 1 aromatic carbocycles. The van der Waals surface area contributed by atoms with Crippen LogP contribution in [0.4, 0.5) is 11.9 Å². The molecule has 0 saturated carbocycles. The second kappa shape index (κ2) is 8.57. The molecule has 4 rings (SSSR count). The first kappa shape index (κ1) is 18.7. The highest BCUT2D eigenvalue weighted by atomic mass is 16.5. The first-order valence-electron chi connectivity index (χ1n) is 9.11. The summed E-state index contributed by atoms with van der Waals surface area (Å²) in [5.41, 5.74) is 7.15. The van der Waals surface area contributed by atoms with E-state index in [1.165, 1.54) is 4.52 Å². The maximum atomic E-state index is 5.99. The number of aromatic nitrogens is 5. The van der Waals surface area contributed by atoms with Gasteiger partial charge in [0, 0.05) is 13.7 Å². The van der Waals surface area contributed by atoms with Crippen molar-refractivity contribution in [1.82, 2.24) is 24.6 Å². The highest BCUT2D eigenvalue weighted by molar-refractivity contribution is 5.52. The number of fused-ring (bicyclic) bond motifs is 1. The molecule has 3 N–H and O–H groups in total. The topological polar surface area (TPSA) is 126 Å². The van der Waals surface area contributed by atoms with E-state index in [0.717, 1.165) is 17.7 Å². The second-order valence-corrected chi connectivity index (χ2v) is 6.19. The molecule has 29 heavy (non-hydrogen) atoms. The summed E-state index contributed by atoms with van der Waals surface area (Å²) in [6, 6.07) is 11.5. The van der Waals surface area contributed by atoms with Gasteiger partial charge in [0.05, 0.1) is 12.9 Å². The number of ether oxygens (including phenoxy) is 2. The predicted octanol–water partition coefficient (Wildman–Crippen LogP) is 2.04. The van der Waals surface area contributed by atoms with Gasteiger partial charge in [-0.3, -0.25) is 0 Å². The van der Waals surface area contributed by atoms with Crippen LogP contribution in [0, 0.1) is 0 Å². The van der Waals surface area contributed by atoms with E-state index in [2.05, 4.69) is 25.4 Å². The third-order valence-electron chi connectivity index (χ3n) is 4.15. The Kier molecular flexibility index (Phi) is 5.52. The Morgan fingerprint density at radius 3 is 2.72 bits per heavy atom. The number of nitrogen functional groups attached to an aromatic ring is 1. The number of rotatable bonds is 9. The molecule has 10 heteroatoms. The maximum absolute atomic E-state index is 5.99. The van der Waals surface area contributed by atoms with Crippen LogP contribution in [0.15, 0.2) is 47.1 Å². The first-order chi connectivity index (χ1) is 14.2. The number of methoxy groups -OCH3 is 1. The molecule has 0 fully saturated rings. The average molecular weight is 395 g/mol. The average Bonchev–Trinajstić information content (AvgIpc) is 3.39. The highest BCUT2D eigenvalue weighted by Gasteiger charge is 2.13. The van der Waals surface area contributed by atoms with Crippen LogP contribution in [0.25, 0.3) is 17.4 Å². The summed E-state index contributed by atoms with van der Waals surface area (Å²) in [5, 5.41) is 7.45. The zero-order chi connectivity index (χ0) is 20.1. The van der Waals surface area contributed by atoms with Crippen molar-refractivity contribution >= 4 is 17.7 Å². The van der Waals surface area contributed by atoms with Crippen molar-refractivity contribution in [2.45, 2.75) is 6.42 Å². The minimum atomic E-state index is 0.195. The van der Waals surface area contributed by atoms with Crippen LogP contribution >= 0.6 is 0 Å². The van der Waals surface area contributed by atoms with Gasteiger partial charge in [-0.05, 0) is 36.2 Å². The van der Waals surface area contributed by atoms with Gasteiger partial charge in [0.15, 0.2) is 5.76 Å². The Hall–Kier alpha value is -3.66. The summed E-state index contributed by atoms with van der Waals surface area (Å²) < 4.78 is 17.2. The molecular weight excluding hydrogens is 374 g/mol. The summed E-state index contributed by atoms with van der Waals surface area (Å²) in [4.78, 5) is 13.0. The fourth-order valence-corrected chi connectivity index (χ4v) is 2.71. The molecule has 0 radical (unpaired) electrons. The van der Waals surface area contributed by atoms with Gasteiger partial charge in [-0.15, -0.1) is 5.10 Å². The minimum Gasteiger partial charge on any atom is -0.491 e. The second-order valence-electron chi connectivity index (χ2n) is 6.19. The van der Waals surface area contributed by atoms with Gasteiger partial charge in [-0.25, -0.2) is 0 Å². The van der Waals surface area contributed by atoms with Crippen molar-refractivity contribution in [3.05, 3.63) is 48.2 Å². The van der Waals surface area contributed by atoms with Crippen LogP contribution < -0.4 is 15.8 Å². The smallest absolute Gasteiger partial charge is 0.259 e. The highest BCUT2D eigenvalue weighted by Crippen LogP contribution is 2.18. The van der Waals surface area contributed by atoms with E-state index >= 15 is 0 Å². The largest absolute Gasteiger partial charge is 0.491 e. The number of anilines is 2. The van der Waals surface area contributed by atoms with E-state index in [1.807, 2.05) is 24.3 Å². The fraction of sp³-hybridized carbons (Fsp3) is 0.263. The molecular formula is C19H21N7O3. The Morgan fingerprint density at radius 1 is 1.10 bits per heavy atom. The summed E-state index contributed by atoms with van der Waals surface area (Å²) in [7, 11) is 1.65. The lowest BCUT2D eigenvalue weighted by molar-refractivity contribution is 0.146. The van der Waals surface area contributed by atoms with Crippen LogP contribution in [0.5, 0.6) is 5.75 Å². The van der Waals surface area contributed by atoms with Crippen LogP contribution in [0.3, 0.4) is 0 Å². The number of hydrogen-bond donors (Lipinski definition) is 2. The third-order valence-corrected chi connectivity index (χ3v) is 4.15. The van der Waals surface area contributed by atoms with E-state index in [9.17, 15) is 0 Å². The van der Waals surface area contributed by atoms with Crippen molar-refractivity contribution < 1.29 is 13.9 Å². The number of nitrogens with two attached hydrogens (primary N) is 1. The van der Waals surface area contributed by atoms with E-state index in [-0.39, 0.29) is 5.95 Å². The van der Waals surface area contributed by atoms with Gasteiger partial charge in [-0.1, -0.05) is 12.1 Å². The third kappa shape index (κ3) is 4.43. The standard InChI is InChI=1S/C19H21N7O3/c1-27-11-12-28-14-6-4-13(5-7-14)8-9-21-18-23-17(20)26-19(24-18)22-16(25-26)15-3-2-10-29-15/h2-7,10H,8-9,11-12H2,1H3,(H3,20,21,22,23,24,25). The lowest BCUT2D eigenvalue weighted by Crippen LogP contribution is -2.12. The van der Waals surface area contributed by atoms with Crippen molar-refractivity contribution in [2.24, 2.45) is 0 Å². The van der Waals surface area contributed by atoms with Crippen LogP contribution in [0.2, 0.25) is 0 Å². The molecule has 0 aliphatic rings. The molecule has 0 aliphatic heterocycles. The van der Waals surface area contributed by atoms with Gasteiger partial charge in [0.1, 0.15) is 12.4 Å². The lowest BCUT2D eigenvalue weighted by atomic mass is 10.1. The Morgan fingerprint density at radius 2 is 1.97 bits per heavy atom. The van der Waals surface area contributed by atoms with E-state index in [1.54, 1.807) is 25.5 Å². The number of furan rings is 1. The molecule has 4 aromatic rings. The SMILES string of the molecule is COCCOc1ccc(CCNc2nc(N)n3nc(-c4ccco4)nc3n2)cc1. The Bertz CT molecular complexity index is 1060. The molecule has 0 saturated heterocycles. The summed E-state index contributed by atoms with van der Waals surface area (Å²) in [5.74, 6) is 2.71. The van der Waals surface area contributed by atoms with Crippen molar-refractivity contribution in [3.63, 3.8) is 0 Å². The molecule has 150 valence electrons. The molecule has 3 aromatic heterocycles. The summed E-state index contributed by atoms with van der Waals surface area (Å²) in [6.45, 7) is 1.73. The van der Waals surface area contributed by atoms with Gasteiger partial charge < -0.3 is 24.9 Å². The molecule has 3 heterocycles. The van der Waals surface area contributed by atoms with Gasteiger partial charge in [-0.2, -0.15) is 19.5 Å². The van der Waals surface area contributed by atoms with Crippen molar-refractivity contribution in [1.29, 1.82) is 0 Å². The van der Waals surface area contributed by atoms with Crippen molar-refractivity contribution in [2.75, 3.05) is 37.9 Å². The maximum Gasteiger partial charge on any atom is 0.259 e.